The van der Waals surface area contributed by atoms with Gasteiger partial charge in [0.05, 0.1) is 0 Å². The first kappa shape index (κ1) is 13.6. The van der Waals surface area contributed by atoms with E-state index in [1.54, 1.807) is 0 Å². The molecule has 0 bridgehead atoms. The van der Waals surface area contributed by atoms with Crippen molar-refractivity contribution in [3.63, 3.8) is 0 Å². The molecule has 0 saturated carbocycles. The van der Waals surface area contributed by atoms with Gasteiger partial charge in [-0.05, 0) is 30.3 Å². The van der Waals surface area contributed by atoms with Crippen molar-refractivity contribution in [1.82, 2.24) is 4.90 Å². The first-order valence-corrected chi connectivity index (χ1v) is 6.99. The summed E-state index contributed by atoms with van der Waals surface area (Å²) >= 11 is 9.74. The molecule has 0 saturated heterocycles. The summed E-state index contributed by atoms with van der Waals surface area (Å²) in [5.74, 6) is 0. The fraction of sp³-hybridized carbons (Fsp3) is 0.200. The summed E-state index contributed by atoms with van der Waals surface area (Å²) in [4.78, 5) is 2.25. The minimum Gasteiger partial charge on any atom is -0.298 e. The Kier molecular flexibility index (Phi) is 4.81. The molecule has 0 fully saturated rings. The van der Waals surface area contributed by atoms with Crippen LogP contribution in [-0.2, 0) is 13.1 Å². The molecule has 0 unspecified atom stereocenters. The summed E-state index contributed by atoms with van der Waals surface area (Å²) in [7, 11) is 2.10. The Morgan fingerprint density at radius 2 is 1.50 bits per heavy atom. The molecule has 94 valence electrons. The molecule has 18 heavy (non-hydrogen) atoms. The standard InChI is InChI=1S/C15H15BrClN/c1-18(10-12-6-2-4-8-14(12)16)11-13-7-3-5-9-15(13)17/h2-9H,10-11H2,1H3. The molecule has 0 radical (unpaired) electrons. The zero-order valence-corrected chi connectivity index (χ0v) is 12.6. The SMILES string of the molecule is CN(Cc1ccccc1Cl)Cc1ccccc1Br. The van der Waals surface area contributed by atoms with Crippen molar-refractivity contribution in [3.05, 3.63) is 69.2 Å². The van der Waals surface area contributed by atoms with E-state index >= 15 is 0 Å². The smallest absolute Gasteiger partial charge is 0.0451 e. The van der Waals surface area contributed by atoms with Crippen LogP contribution in [0.2, 0.25) is 5.02 Å². The van der Waals surface area contributed by atoms with Crippen LogP contribution in [0.4, 0.5) is 0 Å². The summed E-state index contributed by atoms with van der Waals surface area (Å²) in [6.07, 6.45) is 0. The van der Waals surface area contributed by atoms with Gasteiger partial charge in [-0.1, -0.05) is 63.9 Å². The highest BCUT2D eigenvalue weighted by Crippen LogP contribution is 2.20. The third-order valence-corrected chi connectivity index (χ3v) is 3.94. The third kappa shape index (κ3) is 3.58. The normalized spacial score (nSPS) is 10.9. The fourth-order valence-corrected chi connectivity index (χ4v) is 2.50. The summed E-state index contributed by atoms with van der Waals surface area (Å²) < 4.78 is 1.15. The first-order valence-electron chi connectivity index (χ1n) is 5.82. The van der Waals surface area contributed by atoms with E-state index in [1.807, 2.05) is 24.3 Å². The molecule has 0 aliphatic heterocycles. The predicted molar refractivity (Wildman–Crippen MR) is 80.8 cm³/mol. The van der Waals surface area contributed by atoms with Crippen molar-refractivity contribution in [2.45, 2.75) is 13.1 Å². The quantitative estimate of drug-likeness (QED) is 0.785. The van der Waals surface area contributed by atoms with E-state index in [0.29, 0.717) is 0 Å². The van der Waals surface area contributed by atoms with Crippen LogP contribution in [0, 0.1) is 0 Å². The summed E-state index contributed by atoms with van der Waals surface area (Å²) in [6.45, 7) is 1.74. The lowest BCUT2D eigenvalue weighted by Gasteiger charge is -2.18. The molecule has 0 aliphatic carbocycles. The zero-order valence-electron chi connectivity index (χ0n) is 10.2. The van der Waals surface area contributed by atoms with Crippen molar-refractivity contribution >= 4 is 27.5 Å². The highest BCUT2D eigenvalue weighted by atomic mass is 79.9. The topological polar surface area (TPSA) is 3.24 Å². The lowest BCUT2D eigenvalue weighted by Crippen LogP contribution is -2.17. The predicted octanol–water partition coefficient (Wildman–Crippen LogP) is 4.73. The molecule has 0 N–H and O–H groups in total. The number of benzene rings is 2. The van der Waals surface area contributed by atoms with Crippen LogP contribution in [-0.4, -0.2) is 11.9 Å². The second-order valence-corrected chi connectivity index (χ2v) is 5.62. The third-order valence-electron chi connectivity index (χ3n) is 2.80. The van der Waals surface area contributed by atoms with E-state index in [9.17, 15) is 0 Å². The molecule has 2 aromatic rings. The Balaban J connectivity index is 2.04. The van der Waals surface area contributed by atoms with Crippen LogP contribution in [0.1, 0.15) is 11.1 Å². The fourth-order valence-electron chi connectivity index (χ4n) is 1.89. The second-order valence-electron chi connectivity index (χ2n) is 4.36. The molecule has 0 aromatic heterocycles. The number of rotatable bonds is 4. The average Bonchev–Trinajstić information content (AvgIpc) is 2.35. The number of nitrogens with zero attached hydrogens (tertiary/aromatic N) is 1. The summed E-state index contributed by atoms with van der Waals surface area (Å²) in [6, 6.07) is 16.3. The van der Waals surface area contributed by atoms with Gasteiger partial charge in [-0.3, -0.25) is 4.90 Å². The van der Waals surface area contributed by atoms with Gasteiger partial charge in [-0.25, -0.2) is 0 Å². The van der Waals surface area contributed by atoms with Crippen molar-refractivity contribution in [1.29, 1.82) is 0 Å². The zero-order chi connectivity index (χ0) is 13.0. The van der Waals surface area contributed by atoms with Gasteiger partial charge in [0.1, 0.15) is 0 Å². The van der Waals surface area contributed by atoms with E-state index in [0.717, 1.165) is 28.1 Å². The summed E-state index contributed by atoms with van der Waals surface area (Å²) in [5, 5.41) is 0.830. The Morgan fingerprint density at radius 1 is 0.944 bits per heavy atom. The highest BCUT2D eigenvalue weighted by Gasteiger charge is 2.06. The van der Waals surface area contributed by atoms with Crippen LogP contribution >= 0.6 is 27.5 Å². The minimum atomic E-state index is 0.830. The lowest BCUT2D eigenvalue weighted by atomic mass is 10.2. The van der Waals surface area contributed by atoms with E-state index in [-0.39, 0.29) is 0 Å². The Morgan fingerprint density at radius 3 is 2.17 bits per heavy atom. The molecule has 0 heterocycles. The van der Waals surface area contributed by atoms with Crippen LogP contribution in [0.15, 0.2) is 53.0 Å². The Labute approximate surface area is 122 Å². The Bertz CT molecular complexity index is 480. The van der Waals surface area contributed by atoms with Crippen LogP contribution in [0.3, 0.4) is 0 Å². The molecule has 0 atom stereocenters. The highest BCUT2D eigenvalue weighted by molar-refractivity contribution is 9.10. The molecule has 2 aromatic carbocycles. The van der Waals surface area contributed by atoms with Gasteiger partial charge in [-0.15, -0.1) is 0 Å². The van der Waals surface area contributed by atoms with Gasteiger partial charge >= 0.3 is 0 Å². The molecule has 1 nitrogen and oxygen atoms in total. The number of hydrogen-bond donors (Lipinski definition) is 0. The Hall–Kier alpha value is -0.830. The van der Waals surface area contributed by atoms with Gasteiger partial charge in [0.2, 0.25) is 0 Å². The second kappa shape index (κ2) is 6.37. The van der Waals surface area contributed by atoms with Gasteiger partial charge < -0.3 is 0 Å². The maximum atomic E-state index is 6.17. The van der Waals surface area contributed by atoms with Gasteiger partial charge in [0, 0.05) is 22.6 Å². The summed E-state index contributed by atoms with van der Waals surface area (Å²) in [5.41, 5.74) is 2.45. The maximum Gasteiger partial charge on any atom is 0.0451 e. The molecule has 0 aliphatic rings. The van der Waals surface area contributed by atoms with Crippen molar-refractivity contribution < 1.29 is 0 Å². The number of halogens is 2. The van der Waals surface area contributed by atoms with Crippen LogP contribution in [0.5, 0.6) is 0 Å². The monoisotopic (exact) mass is 323 g/mol. The van der Waals surface area contributed by atoms with Crippen molar-refractivity contribution in [2.24, 2.45) is 0 Å². The van der Waals surface area contributed by atoms with E-state index in [2.05, 4.69) is 52.1 Å². The van der Waals surface area contributed by atoms with Crippen LogP contribution in [0.25, 0.3) is 0 Å². The average molecular weight is 325 g/mol. The van der Waals surface area contributed by atoms with Crippen molar-refractivity contribution in [2.75, 3.05) is 7.05 Å². The molecule has 0 spiro atoms. The van der Waals surface area contributed by atoms with Crippen molar-refractivity contribution in [3.8, 4) is 0 Å². The minimum absolute atomic E-state index is 0.830. The molecule has 3 heteroatoms. The molecular weight excluding hydrogens is 310 g/mol. The largest absolute Gasteiger partial charge is 0.298 e. The maximum absolute atomic E-state index is 6.17. The van der Waals surface area contributed by atoms with E-state index in [1.165, 1.54) is 5.56 Å². The molecule has 2 rings (SSSR count). The van der Waals surface area contributed by atoms with Gasteiger partial charge in [0.25, 0.3) is 0 Å². The van der Waals surface area contributed by atoms with Gasteiger partial charge in [-0.2, -0.15) is 0 Å². The lowest BCUT2D eigenvalue weighted by molar-refractivity contribution is 0.318. The first-order chi connectivity index (χ1) is 8.66. The number of hydrogen-bond acceptors (Lipinski definition) is 1. The molecular formula is C15H15BrClN. The van der Waals surface area contributed by atoms with E-state index in [4.69, 9.17) is 11.6 Å². The van der Waals surface area contributed by atoms with Gasteiger partial charge in [0.15, 0.2) is 0 Å². The molecule has 0 amide bonds. The van der Waals surface area contributed by atoms with Crippen LogP contribution < -0.4 is 0 Å². The van der Waals surface area contributed by atoms with E-state index < -0.39 is 0 Å².